The molecular formula is C17H20N4O4. The van der Waals surface area contributed by atoms with E-state index in [1.165, 1.54) is 0 Å². The van der Waals surface area contributed by atoms with E-state index in [0.29, 0.717) is 24.8 Å². The number of aliphatic imine (C=N–C) groups is 1. The number of nitrogens with zero attached hydrogens (tertiary/aromatic N) is 2. The topological polar surface area (TPSA) is 102 Å². The van der Waals surface area contributed by atoms with Crippen molar-refractivity contribution >= 4 is 11.9 Å². The van der Waals surface area contributed by atoms with E-state index in [1.807, 2.05) is 30.1 Å². The maximum absolute atomic E-state index is 11.1. The van der Waals surface area contributed by atoms with E-state index in [0.717, 1.165) is 17.1 Å². The van der Waals surface area contributed by atoms with E-state index in [9.17, 15) is 4.79 Å². The Morgan fingerprint density at radius 2 is 2.08 bits per heavy atom. The van der Waals surface area contributed by atoms with E-state index >= 15 is 0 Å². The maximum Gasteiger partial charge on any atom is 0.284 e. The minimum absolute atomic E-state index is 0.139. The molecule has 1 aromatic heterocycles. The van der Waals surface area contributed by atoms with Crippen LogP contribution >= 0.6 is 0 Å². The molecule has 0 saturated carbocycles. The summed E-state index contributed by atoms with van der Waals surface area (Å²) < 4.78 is 16.1. The SMILES string of the molecule is CN=C(NCc1ccc(C(N)=O)o1)N(C)Cc1ccc2c(c1)OCO2. The number of nitrogens with one attached hydrogen (secondary N) is 1. The zero-order valence-corrected chi connectivity index (χ0v) is 14.1. The fraction of sp³-hybridized carbons (Fsp3) is 0.294. The average Bonchev–Trinajstić information content (AvgIpc) is 3.23. The van der Waals surface area contributed by atoms with Crippen LogP contribution in [-0.4, -0.2) is 37.7 Å². The molecule has 1 aliphatic rings. The van der Waals surface area contributed by atoms with Crippen LogP contribution in [0.2, 0.25) is 0 Å². The van der Waals surface area contributed by atoms with Crippen LogP contribution < -0.4 is 20.5 Å². The Morgan fingerprint density at radius 1 is 1.28 bits per heavy atom. The number of hydrogen-bond acceptors (Lipinski definition) is 5. The number of guanidine groups is 1. The lowest BCUT2D eigenvalue weighted by Crippen LogP contribution is -2.37. The van der Waals surface area contributed by atoms with Gasteiger partial charge < -0.3 is 29.8 Å². The lowest BCUT2D eigenvalue weighted by molar-refractivity contribution is 0.0972. The van der Waals surface area contributed by atoms with Crippen LogP contribution in [0.4, 0.5) is 0 Å². The molecule has 3 N–H and O–H groups in total. The Bertz CT molecular complexity index is 800. The van der Waals surface area contributed by atoms with Crippen LogP contribution in [0.1, 0.15) is 21.9 Å². The molecule has 0 bridgehead atoms. The quantitative estimate of drug-likeness (QED) is 0.626. The molecule has 0 atom stereocenters. The first kappa shape index (κ1) is 16.7. The molecule has 2 heterocycles. The molecule has 1 aromatic carbocycles. The Hall–Kier alpha value is -3.16. The number of primary amides is 1. The van der Waals surface area contributed by atoms with Gasteiger partial charge in [-0.3, -0.25) is 9.79 Å². The molecular weight excluding hydrogens is 324 g/mol. The lowest BCUT2D eigenvalue weighted by atomic mass is 10.2. The normalized spacial score (nSPS) is 13.0. The number of furan rings is 1. The van der Waals surface area contributed by atoms with Gasteiger partial charge >= 0.3 is 0 Å². The molecule has 3 rings (SSSR count). The third-order valence-corrected chi connectivity index (χ3v) is 3.76. The second kappa shape index (κ2) is 7.16. The van der Waals surface area contributed by atoms with Crippen LogP contribution in [0.15, 0.2) is 39.7 Å². The molecule has 132 valence electrons. The third-order valence-electron chi connectivity index (χ3n) is 3.76. The minimum atomic E-state index is -0.587. The highest BCUT2D eigenvalue weighted by Crippen LogP contribution is 2.32. The zero-order chi connectivity index (χ0) is 17.8. The second-order valence-electron chi connectivity index (χ2n) is 5.57. The summed E-state index contributed by atoms with van der Waals surface area (Å²) in [6, 6.07) is 9.10. The van der Waals surface area contributed by atoms with Gasteiger partial charge in [0, 0.05) is 20.6 Å². The van der Waals surface area contributed by atoms with Gasteiger partial charge in [0.2, 0.25) is 6.79 Å². The molecule has 8 heteroatoms. The predicted octanol–water partition coefficient (Wildman–Crippen LogP) is 1.31. The standard InChI is InChI=1S/C17H20N4O4/c1-19-17(20-8-12-4-6-14(25-12)16(18)22)21(2)9-11-3-5-13-15(7-11)24-10-23-13/h3-7H,8-10H2,1-2H3,(H2,18,22)(H,19,20). The van der Waals surface area contributed by atoms with Crippen molar-refractivity contribution in [3.05, 3.63) is 47.4 Å². The first-order chi connectivity index (χ1) is 12.1. The predicted molar refractivity (Wildman–Crippen MR) is 91.5 cm³/mol. The monoisotopic (exact) mass is 344 g/mol. The summed E-state index contributed by atoms with van der Waals surface area (Å²) >= 11 is 0. The van der Waals surface area contributed by atoms with Gasteiger partial charge in [0.05, 0.1) is 6.54 Å². The average molecular weight is 344 g/mol. The van der Waals surface area contributed by atoms with Crippen molar-refractivity contribution in [2.75, 3.05) is 20.9 Å². The number of benzene rings is 1. The molecule has 0 aliphatic carbocycles. The number of ether oxygens (including phenoxy) is 2. The van der Waals surface area contributed by atoms with Crippen LogP contribution in [0.3, 0.4) is 0 Å². The molecule has 25 heavy (non-hydrogen) atoms. The van der Waals surface area contributed by atoms with E-state index < -0.39 is 5.91 Å². The smallest absolute Gasteiger partial charge is 0.284 e. The lowest BCUT2D eigenvalue weighted by Gasteiger charge is -2.22. The van der Waals surface area contributed by atoms with Gasteiger partial charge in [-0.15, -0.1) is 0 Å². The van der Waals surface area contributed by atoms with Gasteiger partial charge in [-0.1, -0.05) is 6.07 Å². The number of carbonyl (C=O) groups is 1. The van der Waals surface area contributed by atoms with Crippen molar-refractivity contribution in [1.29, 1.82) is 0 Å². The van der Waals surface area contributed by atoms with Gasteiger partial charge in [0.25, 0.3) is 5.91 Å². The van der Waals surface area contributed by atoms with Crippen LogP contribution in [-0.2, 0) is 13.1 Å². The Morgan fingerprint density at radius 3 is 2.80 bits per heavy atom. The summed E-state index contributed by atoms with van der Waals surface area (Å²) in [5.74, 6) is 2.36. The molecule has 1 aliphatic heterocycles. The van der Waals surface area contributed by atoms with Crippen molar-refractivity contribution in [1.82, 2.24) is 10.2 Å². The zero-order valence-electron chi connectivity index (χ0n) is 14.1. The number of carbonyl (C=O) groups excluding carboxylic acids is 1. The minimum Gasteiger partial charge on any atom is -0.454 e. The van der Waals surface area contributed by atoms with Crippen molar-refractivity contribution < 1.29 is 18.7 Å². The maximum atomic E-state index is 11.1. The molecule has 0 fully saturated rings. The van der Waals surface area contributed by atoms with Crippen LogP contribution in [0.5, 0.6) is 11.5 Å². The fourth-order valence-corrected chi connectivity index (χ4v) is 2.54. The highest BCUT2D eigenvalue weighted by Gasteiger charge is 2.15. The Balaban J connectivity index is 1.59. The number of fused-ring (bicyclic) bond motifs is 1. The summed E-state index contributed by atoms with van der Waals surface area (Å²) in [6.07, 6.45) is 0. The first-order valence-electron chi connectivity index (χ1n) is 7.75. The number of rotatable bonds is 5. The summed E-state index contributed by atoms with van der Waals surface area (Å²) in [4.78, 5) is 17.3. The van der Waals surface area contributed by atoms with E-state index in [2.05, 4.69) is 10.3 Å². The molecule has 0 radical (unpaired) electrons. The van der Waals surface area contributed by atoms with Crippen molar-refractivity contribution in [3.8, 4) is 11.5 Å². The third kappa shape index (κ3) is 3.85. The highest BCUT2D eigenvalue weighted by atomic mass is 16.7. The van der Waals surface area contributed by atoms with Gasteiger partial charge in [-0.2, -0.15) is 0 Å². The molecule has 1 amide bonds. The molecule has 0 spiro atoms. The van der Waals surface area contributed by atoms with Crippen molar-refractivity contribution in [2.24, 2.45) is 10.7 Å². The van der Waals surface area contributed by atoms with Gasteiger partial charge in [-0.25, -0.2) is 0 Å². The first-order valence-corrected chi connectivity index (χ1v) is 7.75. The van der Waals surface area contributed by atoms with Gasteiger partial charge in [0.1, 0.15) is 5.76 Å². The molecule has 0 saturated heterocycles. The summed E-state index contributed by atoms with van der Waals surface area (Å²) in [7, 11) is 3.63. The largest absolute Gasteiger partial charge is 0.454 e. The number of hydrogen-bond donors (Lipinski definition) is 2. The van der Waals surface area contributed by atoms with Crippen LogP contribution in [0, 0.1) is 0 Å². The summed E-state index contributed by atoms with van der Waals surface area (Å²) in [5.41, 5.74) is 6.25. The van der Waals surface area contributed by atoms with E-state index in [1.54, 1.807) is 19.2 Å². The Kier molecular flexibility index (Phi) is 4.78. The van der Waals surface area contributed by atoms with Gasteiger partial charge in [0.15, 0.2) is 23.2 Å². The number of nitrogens with two attached hydrogens (primary N) is 1. The number of amides is 1. The van der Waals surface area contributed by atoms with Crippen molar-refractivity contribution in [2.45, 2.75) is 13.1 Å². The second-order valence-corrected chi connectivity index (χ2v) is 5.57. The van der Waals surface area contributed by atoms with E-state index in [4.69, 9.17) is 19.6 Å². The molecule has 0 unspecified atom stereocenters. The highest BCUT2D eigenvalue weighted by molar-refractivity contribution is 5.89. The summed E-state index contributed by atoms with van der Waals surface area (Å²) in [6.45, 7) is 1.29. The molecule has 2 aromatic rings. The Labute approximate surface area is 145 Å². The van der Waals surface area contributed by atoms with Gasteiger partial charge in [-0.05, 0) is 29.8 Å². The summed E-state index contributed by atoms with van der Waals surface area (Å²) in [5, 5.41) is 3.18. The fourth-order valence-electron chi connectivity index (χ4n) is 2.54. The van der Waals surface area contributed by atoms with Crippen molar-refractivity contribution in [3.63, 3.8) is 0 Å². The van der Waals surface area contributed by atoms with Crippen LogP contribution in [0.25, 0.3) is 0 Å². The molecule has 8 nitrogen and oxygen atoms in total. The van der Waals surface area contributed by atoms with E-state index in [-0.39, 0.29) is 12.6 Å².